The summed E-state index contributed by atoms with van der Waals surface area (Å²) in [5.74, 6) is 0.191. The molecule has 1 fully saturated rings. The maximum Gasteiger partial charge on any atom is 0.236 e. The molecule has 1 heterocycles. The number of morpholine rings is 1. The van der Waals surface area contributed by atoms with Crippen molar-refractivity contribution in [1.29, 1.82) is 0 Å². The first kappa shape index (κ1) is 13.1. The van der Waals surface area contributed by atoms with Crippen LogP contribution < -0.4 is 0 Å². The number of amides is 1. The first-order chi connectivity index (χ1) is 8.75. The van der Waals surface area contributed by atoms with E-state index in [1.807, 2.05) is 35.0 Å². The van der Waals surface area contributed by atoms with Gasteiger partial charge in [-0.25, -0.2) is 0 Å². The molecule has 0 aromatic heterocycles. The highest BCUT2D eigenvalue weighted by molar-refractivity contribution is 5.78. The van der Waals surface area contributed by atoms with Crippen molar-refractivity contribution >= 4 is 5.91 Å². The highest BCUT2D eigenvalue weighted by Gasteiger charge is 2.17. The highest BCUT2D eigenvalue weighted by Crippen LogP contribution is 2.04. The largest absolute Gasteiger partial charge is 0.378 e. The van der Waals surface area contributed by atoms with E-state index in [9.17, 15) is 4.79 Å². The van der Waals surface area contributed by atoms with E-state index in [0.29, 0.717) is 19.8 Å². The molecule has 0 aliphatic carbocycles. The fourth-order valence-electron chi connectivity index (χ4n) is 2.09. The first-order valence-electron chi connectivity index (χ1n) is 6.33. The molecule has 98 valence electrons. The average molecular weight is 248 g/mol. The lowest BCUT2D eigenvalue weighted by Gasteiger charge is -2.28. The fourth-order valence-corrected chi connectivity index (χ4v) is 2.09. The van der Waals surface area contributed by atoms with E-state index in [0.717, 1.165) is 19.6 Å². The van der Waals surface area contributed by atoms with Gasteiger partial charge in [0, 0.05) is 19.6 Å². The molecule has 1 aromatic carbocycles. The second-order valence-electron chi connectivity index (χ2n) is 4.65. The van der Waals surface area contributed by atoms with Gasteiger partial charge in [0.1, 0.15) is 0 Å². The van der Waals surface area contributed by atoms with Crippen molar-refractivity contribution in [1.82, 2.24) is 9.80 Å². The zero-order valence-corrected chi connectivity index (χ0v) is 10.8. The van der Waals surface area contributed by atoms with Gasteiger partial charge in [0.15, 0.2) is 0 Å². The number of carbonyl (C=O) groups is 1. The Kier molecular flexibility index (Phi) is 4.73. The summed E-state index contributed by atoms with van der Waals surface area (Å²) in [5.41, 5.74) is 1.23. The summed E-state index contributed by atoms with van der Waals surface area (Å²) in [6.45, 7) is 4.03. The molecule has 0 saturated carbocycles. The van der Waals surface area contributed by atoms with Crippen molar-refractivity contribution in [3.8, 4) is 0 Å². The van der Waals surface area contributed by atoms with Crippen molar-refractivity contribution in [3.05, 3.63) is 35.9 Å². The van der Waals surface area contributed by atoms with Crippen molar-refractivity contribution < 1.29 is 9.53 Å². The topological polar surface area (TPSA) is 32.8 Å². The Hall–Kier alpha value is -1.39. The Morgan fingerprint density at radius 3 is 2.61 bits per heavy atom. The van der Waals surface area contributed by atoms with Crippen LogP contribution in [-0.2, 0) is 16.1 Å². The number of nitrogens with zero attached hydrogens (tertiary/aromatic N) is 2. The minimum Gasteiger partial charge on any atom is -0.378 e. The van der Waals surface area contributed by atoms with Crippen LogP contribution in [0.2, 0.25) is 0 Å². The molecule has 0 N–H and O–H groups in total. The van der Waals surface area contributed by atoms with Crippen LogP contribution in [0, 0.1) is 0 Å². The Morgan fingerprint density at radius 1 is 1.28 bits per heavy atom. The minimum absolute atomic E-state index is 0.191. The van der Waals surface area contributed by atoms with E-state index in [-0.39, 0.29) is 5.91 Å². The Balaban J connectivity index is 1.79. The zero-order chi connectivity index (χ0) is 12.8. The number of hydrogen-bond acceptors (Lipinski definition) is 3. The highest BCUT2D eigenvalue weighted by atomic mass is 16.5. The van der Waals surface area contributed by atoms with Crippen LogP contribution in [0.1, 0.15) is 5.56 Å². The number of rotatable bonds is 4. The normalized spacial score (nSPS) is 16.0. The van der Waals surface area contributed by atoms with Crippen LogP contribution in [-0.4, -0.2) is 55.6 Å². The van der Waals surface area contributed by atoms with Crippen LogP contribution >= 0.6 is 0 Å². The number of benzene rings is 1. The van der Waals surface area contributed by atoms with Crippen molar-refractivity contribution in [2.45, 2.75) is 6.54 Å². The standard InChI is InChI=1S/C14H20N2O2/c1-15(11-13-5-3-2-4-6-13)12-14(17)16-7-9-18-10-8-16/h2-6H,7-12H2,1H3. The smallest absolute Gasteiger partial charge is 0.236 e. The molecular formula is C14H20N2O2. The van der Waals surface area contributed by atoms with E-state index in [1.165, 1.54) is 5.56 Å². The molecular weight excluding hydrogens is 228 g/mol. The average Bonchev–Trinajstić information content (AvgIpc) is 2.40. The van der Waals surface area contributed by atoms with E-state index in [1.54, 1.807) is 0 Å². The summed E-state index contributed by atoms with van der Waals surface area (Å²) in [4.78, 5) is 16.0. The third kappa shape index (κ3) is 3.82. The quantitative estimate of drug-likeness (QED) is 0.796. The maximum atomic E-state index is 12.0. The molecule has 4 heteroatoms. The number of ether oxygens (including phenoxy) is 1. The second-order valence-corrected chi connectivity index (χ2v) is 4.65. The van der Waals surface area contributed by atoms with E-state index >= 15 is 0 Å². The Labute approximate surface area is 108 Å². The predicted octanol–water partition coefficient (Wildman–Crippen LogP) is 0.977. The molecule has 4 nitrogen and oxygen atoms in total. The van der Waals surface area contributed by atoms with Gasteiger partial charge in [-0.1, -0.05) is 30.3 Å². The van der Waals surface area contributed by atoms with Gasteiger partial charge in [-0.2, -0.15) is 0 Å². The molecule has 2 rings (SSSR count). The molecule has 1 aromatic rings. The van der Waals surface area contributed by atoms with E-state index < -0.39 is 0 Å². The first-order valence-corrected chi connectivity index (χ1v) is 6.33. The van der Waals surface area contributed by atoms with Gasteiger partial charge < -0.3 is 9.64 Å². The maximum absolute atomic E-state index is 12.0. The van der Waals surface area contributed by atoms with Gasteiger partial charge >= 0.3 is 0 Å². The molecule has 0 bridgehead atoms. The molecule has 0 atom stereocenters. The van der Waals surface area contributed by atoms with Gasteiger partial charge in [0.25, 0.3) is 0 Å². The molecule has 1 saturated heterocycles. The van der Waals surface area contributed by atoms with E-state index in [2.05, 4.69) is 12.1 Å². The number of carbonyl (C=O) groups excluding carboxylic acids is 1. The van der Waals surface area contributed by atoms with E-state index in [4.69, 9.17) is 4.74 Å². The van der Waals surface area contributed by atoms with Crippen LogP contribution in [0.25, 0.3) is 0 Å². The zero-order valence-electron chi connectivity index (χ0n) is 10.8. The number of likely N-dealkylation sites (N-methyl/N-ethyl adjacent to an activating group) is 1. The van der Waals surface area contributed by atoms with Crippen molar-refractivity contribution in [2.24, 2.45) is 0 Å². The van der Waals surface area contributed by atoms with Gasteiger partial charge in [-0.3, -0.25) is 9.69 Å². The summed E-state index contributed by atoms with van der Waals surface area (Å²) < 4.78 is 5.24. The third-order valence-electron chi connectivity index (χ3n) is 3.06. The van der Waals surface area contributed by atoms with Crippen LogP contribution in [0.4, 0.5) is 0 Å². The van der Waals surface area contributed by atoms with Gasteiger partial charge in [0.2, 0.25) is 5.91 Å². The molecule has 0 unspecified atom stereocenters. The summed E-state index contributed by atoms with van der Waals surface area (Å²) in [6, 6.07) is 10.2. The van der Waals surface area contributed by atoms with Crippen LogP contribution in [0.5, 0.6) is 0 Å². The Bertz CT molecular complexity index is 375. The molecule has 1 amide bonds. The summed E-state index contributed by atoms with van der Waals surface area (Å²) in [7, 11) is 1.98. The molecule has 1 aliphatic rings. The van der Waals surface area contributed by atoms with Gasteiger partial charge in [0.05, 0.1) is 19.8 Å². The summed E-state index contributed by atoms with van der Waals surface area (Å²) >= 11 is 0. The molecule has 0 spiro atoms. The van der Waals surface area contributed by atoms with Crippen molar-refractivity contribution in [3.63, 3.8) is 0 Å². The lowest BCUT2D eigenvalue weighted by Crippen LogP contribution is -2.44. The minimum atomic E-state index is 0.191. The molecule has 0 radical (unpaired) electrons. The fraction of sp³-hybridized carbons (Fsp3) is 0.500. The summed E-state index contributed by atoms with van der Waals surface area (Å²) in [6.07, 6.45) is 0. The Morgan fingerprint density at radius 2 is 1.94 bits per heavy atom. The van der Waals surface area contributed by atoms with Crippen molar-refractivity contribution in [2.75, 3.05) is 39.9 Å². The lowest BCUT2D eigenvalue weighted by atomic mass is 10.2. The lowest BCUT2D eigenvalue weighted by molar-refractivity contribution is -0.136. The summed E-state index contributed by atoms with van der Waals surface area (Å²) in [5, 5.41) is 0. The molecule has 1 aliphatic heterocycles. The van der Waals surface area contributed by atoms with Crippen LogP contribution in [0.15, 0.2) is 30.3 Å². The second kappa shape index (κ2) is 6.52. The SMILES string of the molecule is CN(CC(=O)N1CCOCC1)Cc1ccccc1. The third-order valence-corrected chi connectivity index (χ3v) is 3.06. The monoisotopic (exact) mass is 248 g/mol. The predicted molar refractivity (Wildman–Crippen MR) is 70.2 cm³/mol. The van der Waals surface area contributed by atoms with Gasteiger partial charge in [-0.05, 0) is 12.6 Å². The van der Waals surface area contributed by atoms with Gasteiger partial charge in [-0.15, -0.1) is 0 Å². The number of hydrogen-bond donors (Lipinski definition) is 0. The van der Waals surface area contributed by atoms with Crippen LogP contribution in [0.3, 0.4) is 0 Å². The molecule has 18 heavy (non-hydrogen) atoms.